The van der Waals surface area contributed by atoms with E-state index < -0.39 is 5.82 Å². The molecule has 5 heteroatoms. The molecule has 2 unspecified atom stereocenters. The molecule has 20 heavy (non-hydrogen) atoms. The van der Waals surface area contributed by atoms with Crippen LogP contribution in [0.25, 0.3) is 0 Å². The van der Waals surface area contributed by atoms with Crippen molar-refractivity contribution in [3.8, 4) is 5.75 Å². The van der Waals surface area contributed by atoms with Gasteiger partial charge in [-0.3, -0.25) is 4.79 Å². The van der Waals surface area contributed by atoms with Crippen molar-refractivity contribution in [2.45, 2.75) is 32.9 Å². The number of carbonyl (C=O) groups is 1. The summed E-state index contributed by atoms with van der Waals surface area (Å²) in [4.78, 5) is 14.3. The summed E-state index contributed by atoms with van der Waals surface area (Å²) in [6, 6.07) is 4.93. The van der Waals surface area contributed by atoms with Gasteiger partial charge in [-0.25, -0.2) is 4.39 Å². The molecule has 0 saturated carbocycles. The van der Waals surface area contributed by atoms with Gasteiger partial charge in [0.1, 0.15) is 0 Å². The summed E-state index contributed by atoms with van der Waals surface area (Å²) in [5.74, 6) is -0.610. The van der Waals surface area contributed by atoms with Crippen molar-refractivity contribution in [2.24, 2.45) is 0 Å². The highest BCUT2D eigenvalue weighted by molar-refractivity contribution is 5.97. The smallest absolute Gasteiger partial charge is 0.257 e. The Balaban J connectivity index is 2.26. The van der Waals surface area contributed by atoms with E-state index >= 15 is 0 Å². The van der Waals surface area contributed by atoms with Gasteiger partial charge in [0.15, 0.2) is 11.6 Å². The Labute approximate surface area is 118 Å². The third-order valence-corrected chi connectivity index (χ3v) is 3.33. The Morgan fingerprint density at radius 3 is 2.65 bits per heavy atom. The highest BCUT2D eigenvalue weighted by atomic mass is 19.1. The first-order chi connectivity index (χ1) is 9.52. The maximum atomic E-state index is 13.8. The highest BCUT2D eigenvalue weighted by Gasteiger charge is 2.28. The first-order valence-corrected chi connectivity index (χ1v) is 6.99. The van der Waals surface area contributed by atoms with Crippen molar-refractivity contribution in [2.75, 3.05) is 19.7 Å². The number of hydrogen-bond acceptors (Lipinski definition) is 3. The van der Waals surface area contributed by atoms with Crippen molar-refractivity contribution in [3.63, 3.8) is 0 Å². The predicted octanol–water partition coefficient (Wildman–Crippen LogP) is 2.05. The van der Waals surface area contributed by atoms with Crippen LogP contribution in [0.1, 0.15) is 31.1 Å². The lowest BCUT2D eigenvalue weighted by molar-refractivity contribution is 0.0668. The second-order valence-corrected chi connectivity index (χ2v) is 5.23. The van der Waals surface area contributed by atoms with Crippen LogP contribution in [0.15, 0.2) is 18.2 Å². The van der Waals surface area contributed by atoms with Crippen LogP contribution in [-0.4, -0.2) is 42.6 Å². The van der Waals surface area contributed by atoms with Crippen LogP contribution < -0.4 is 10.1 Å². The van der Waals surface area contributed by atoms with Crippen molar-refractivity contribution < 1.29 is 13.9 Å². The molecule has 2 rings (SSSR count). The Morgan fingerprint density at radius 1 is 1.40 bits per heavy atom. The highest BCUT2D eigenvalue weighted by Crippen LogP contribution is 2.25. The van der Waals surface area contributed by atoms with E-state index in [0.717, 1.165) is 0 Å². The van der Waals surface area contributed by atoms with Gasteiger partial charge in [0.2, 0.25) is 0 Å². The molecule has 0 radical (unpaired) electrons. The maximum absolute atomic E-state index is 13.8. The molecule has 1 saturated heterocycles. The lowest BCUT2D eigenvalue weighted by atomic mass is 10.1. The number of piperazine rings is 1. The summed E-state index contributed by atoms with van der Waals surface area (Å²) in [5.41, 5.74) is 0.299. The van der Waals surface area contributed by atoms with Crippen molar-refractivity contribution >= 4 is 5.91 Å². The second-order valence-electron chi connectivity index (χ2n) is 5.23. The van der Waals surface area contributed by atoms with E-state index in [-0.39, 0.29) is 23.7 Å². The minimum absolute atomic E-state index is 0.0545. The Morgan fingerprint density at radius 2 is 2.05 bits per heavy atom. The number of para-hydroxylation sites is 1. The van der Waals surface area contributed by atoms with Gasteiger partial charge in [-0.2, -0.15) is 0 Å². The van der Waals surface area contributed by atoms with Gasteiger partial charge in [0, 0.05) is 25.2 Å². The van der Waals surface area contributed by atoms with E-state index in [1.165, 1.54) is 6.07 Å². The summed E-state index contributed by atoms with van der Waals surface area (Å²) in [6.45, 7) is 7.40. The third-order valence-electron chi connectivity index (χ3n) is 3.33. The van der Waals surface area contributed by atoms with Gasteiger partial charge in [-0.1, -0.05) is 6.07 Å². The molecule has 0 aromatic heterocycles. The molecule has 2 atom stereocenters. The molecule has 1 aliphatic heterocycles. The van der Waals surface area contributed by atoms with Crippen LogP contribution in [-0.2, 0) is 0 Å². The Bertz CT molecular complexity index is 483. The zero-order valence-electron chi connectivity index (χ0n) is 12.1. The van der Waals surface area contributed by atoms with Gasteiger partial charge in [0.05, 0.1) is 12.2 Å². The van der Waals surface area contributed by atoms with Crippen molar-refractivity contribution in [1.82, 2.24) is 10.2 Å². The van der Waals surface area contributed by atoms with E-state index in [9.17, 15) is 9.18 Å². The number of rotatable bonds is 3. The number of amides is 1. The van der Waals surface area contributed by atoms with Gasteiger partial charge in [0.25, 0.3) is 5.91 Å². The quantitative estimate of drug-likeness (QED) is 0.921. The van der Waals surface area contributed by atoms with Crippen molar-refractivity contribution in [3.05, 3.63) is 29.6 Å². The normalized spacial score (nSPS) is 22.7. The molecular weight excluding hydrogens is 259 g/mol. The van der Waals surface area contributed by atoms with E-state index in [2.05, 4.69) is 5.32 Å². The molecule has 110 valence electrons. The van der Waals surface area contributed by atoms with Crippen LogP contribution >= 0.6 is 0 Å². The molecule has 1 aromatic rings. The van der Waals surface area contributed by atoms with Crippen molar-refractivity contribution in [1.29, 1.82) is 0 Å². The zero-order valence-corrected chi connectivity index (χ0v) is 12.1. The fraction of sp³-hybridized carbons (Fsp3) is 0.533. The molecule has 0 bridgehead atoms. The lowest BCUT2D eigenvalue weighted by Gasteiger charge is -2.36. The molecule has 0 aliphatic carbocycles. The summed E-state index contributed by atoms with van der Waals surface area (Å²) in [6.07, 6.45) is 0. The van der Waals surface area contributed by atoms with Gasteiger partial charge >= 0.3 is 0 Å². The van der Waals surface area contributed by atoms with E-state index in [4.69, 9.17) is 4.74 Å². The number of nitrogens with zero attached hydrogens (tertiary/aromatic N) is 1. The summed E-state index contributed by atoms with van der Waals surface area (Å²) >= 11 is 0. The summed E-state index contributed by atoms with van der Waals surface area (Å²) < 4.78 is 19.1. The second kappa shape index (κ2) is 6.22. The largest absolute Gasteiger partial charge is 0.490 e. The van der Waals surface area contributed by atoms with E-state index in [1.807, 2.05) is 13.8 Å². The average molecular weight is 280 g/mol. The van der Waals surface area contributed by atoms with Crippen LogP contribution in [0.4, 0.5) is 4.39 Å². The molecule has 1 amide bonds. The molecule has 1 heterocycles. The molecule has 1 fully saturated rings. The van der Waals surface area contributed by atoms with Crippen LogP contribution in [0.3, 0.4) is 0 Å². The number of hydrogen-bond donors (Lipinski definition) is 1. The first-order valence-electron chi connectivity index (χ1n) is 6.99. The zero-order chi connectivity index (χ0) is 14.7. The number of halogens is 1. The summed E-state index contributed by atoms with van der Waals surface area (Å²) in [5, 5.41) is 3.37. The van der Waals surface area contributed by atoms with Crippen LogP contribution in [0, 0.1) is 5.82 Å². The molecular formula is C15H21FN2O2. The van der Waals surface area contributed by atoms with E-state index in [1.54, 1.807) is 24.0 Å². The SMILES string of the molecule is CCOc1c(F)cccc1C(=O)N1CC(C)NC(C)C1. The topological polar surface area (TPSA) is 41.6 Å². The average Bonchev–Trinajstić information content (AvgIpc) is 2.39. The van der Waals surface area contributed by atoms with Crippen LogP contribution in [0.2, 0.25) is 0 Å². The lowest BCUT2D eigenvalue weighted by Crippen LogP contribution is -2.55. The number of carbonyl (C=O) groups excluding carboxylic acids is 1. The third kappa shape index (κ3) is 3.10. The molecule has 1 aliphatic rings. The number of benzene rings is 1. The minimum atomic E-state index is -0.492. The molecule has 1 aromatic carbocycles. The predicted molar refractivity (Wildman–Crippen MR) is 75.5 cm³/mol. The minimum Gasteiger partial charge on any atom is -0.490 e. The van der Waals surface area contributed by atoms with Gasteiger partial charge < -0.3 is 15.0 Å². The molecule has 4 nitrogen and oxygen atoms in total. The maximum Gasteiger partial charge on any atom is 0.257 e. The standard InChI is InChI=1S/C15H21FN2O2/c1-4-20-14-12(6-5-7-13(14)16)15(19)18-8-10(2)17-11(3)9-18/h5-7,10-11,17H,4,8-9H2,1-3H3. The monoisotopic (exact) mass is 280 g/mol. The van der Waals surface area contributed by atoms with Gasteiger partial charge in [-0.05, 0) is 32.9 Å². The fourth-order valence-corrected chi connectivity index (χ4v) is 2.63. The van der Waals surface area contributed by atoms with Gasteiger partial charge in [-0.15, -0.1) is 0 Å². The summed E-state index contributed by atoms with van der Waals surface area (Å²) in [7, 11) is 0. The molecule has 0 spiro atoms. The first kappa shape index (κ1) is 14.8. The van der Waals surface area contributed by atoms with E-state index in [0.29, 0.717) is 25.3 Å². The fourth-order valence-electron chi connectivity index (χ4n) is 2.63. The number of nitrogens with one attached hydrogen (secondary N) is 1. The Kier molecular flexibility index (Phi) is 4.60. The number of ether oxygens (including phenoxy) is 1. The molecule has 1 N–H and O–H groups in total. The van der Waals surface area contributed by atoms with Crippen LogP contribution in [0.5, 0.6) is 5.75 Å². The Hall–Kier alpha value is -1.62.